The molecule has 0 spiro atoms. The van der Waals surface area contributed by atoms with Gasteiger partial charge in [-0.2, -0.15) is 5.10 Å². The van der Waals surface area contributed by atoms with Crippen molar-refractivity contribution in [2.75, 3.05) is 18.4 Å². The average Bonchev–Trinajstić information content (AvgIpc) is 2.85. The van der Waals surface area contributed by atoms with E-state index in [1.807, 2.05) is 10.9 Å². The van der Waals surface area contributed by atoms with Crippen molar-refractivity contribution in [2.24, 2.45) is 11.8 Å². The van der Waals surface area contributed by atoms with Crippen LogP contribution in [0.2, 0.25) is 0 Å². The molecule has 0 aromatic carbocycles. The third-order valence-electron chi connectivity index (χ3n) is 5.12. The zero-order valence-corrected chi connectivity index (χ0v) is 13.0. The molecule has 1 aliphatic carbocycles. The van der Waals surface area contributed by atoms with Gasteiger partial charge in [-0.25, -0.2) is 0 Å². The maximum Gasteiger partial charge on any atom is 0.0728 e. The summed E-state index contributed by atoms with van der Waals surface area (Å²) in [6.45, 7) is 10.2. The van der Waals surface area contributed by atoms with Gasteiger partial charge in [0.15, 0.2) is 0 Å². The quantitative estimate of drug-likeness (QED) is 0.918. The van der Waals surface area contributed by atoms with E-state index in [0.29, 0.717) is 12.1 Å². The summed E-state index contributed by atoms with van der Waals surface area (Å²) in [5.41, 5.74) is 1.20. The van der Waals surface area contributed by atoms with Crippen LogP contribution in [0.1, 0.15) is 40.0 Å². The number of hydrogen-bond acceptors (Lipinski definition) is 3. The van der Waals surface area contributed by atoms with Gasteiger partial charge in [0.05, 0.1) is 11.9 Å². The van der Waals surface area contributed by atoms with Crippen molar-refractivity contribution in [3.05, 3.63) is 12.4 Å². The standard InChI is InChI=1S/C16H28N4/c1-4-20-11-15(8-17-20)18-16-13-6-5-7-14(16)10-19(9-13)12(2)3/h8,11-14,16,18H,4-7,9-10H2,1-3H3. The van der Waals surface area contributed by atoms with Gasteiger partial charge in [0.25, 0.3) is 0 Å². The molecular formula is C16H28N4. The molecule has 1 aromatic heterocycles. The molecule has 2 atom stereocenters. The normalized spacial score (nSPS) is 30.7. The summed E-state index contributed by atoms with van der Waals surface area (Å²) in [6, 6.07) is 1.33. The minimum Gasteiger partial charge on any atom is -0.379 e. The summed E-state index contributed by atoms with van der Waals surface area (Å²) in [5, 5.41) is 8.17. The molecule has 0 amide bonds. The first-order chi connectivity index (χ1) is 9.67. The van der Waals surface area contributed by atoms with Crippen LogP contribution < -0.4 is 5.32 Å². The number of anilines is 1. The van der Waals surface area contributed by atoms with Crippen molar-refractivity contribution >= 4 is 5.69 Å². The fraction of sp³-hybridized carbons (Fsp3) is 0.812. The highest BCUT2D eigenvalue weighted by Gasteiger charge is 2.40. The first-order valence-corrected chi connectivity index (χ1v) is 8.20. The summed E-state index contributed by atoms with van der Waals surface area (Å²) in [5.74, 6) is 1.60. The number of hydrogen-bond donors (Lipinski definition) is 1. The largest absolute Gasteiger partial charge is 0.379 e. The lowest BCUT2D eigenvalue weighted by Gasteiger charge is -2.49. The molecule has 2 fully saturated rings. The molecule has 1 aromatic rings. The third-order valence-corrected chi connectivity index (χ3v) is 5.12. The first kappa shape index (κ1) is 13.9. The molecule has 0 radical (unpaired) electrons. The van der Waals surface area contributed by atoms with E-state index < -0.39 is 0 Å². The van der Waals surface area contributed by atoms with Crippen molar-refractivity contribution in [2.45, 2.75) is 58.7 Å². The Labute approximate surface area is 122 Å². The van der Waals surface area contributed by atoms with E-state index in [4.69, 9.17) is 0 Å². The average molecular weight is 276 g/mol. The number of likely N-dealkylation sites (tertiary alicyclic amines) is 1. The molecule has 1 N–H and O–H groups in total. The van der Waals surface area contributed by atoms with Crippen molar-refractivity contribution in [3.8, 4) is 0 Å². The van der Waals surface area contributed by atoms with Crippen LogP contribution in [0.5, 0.6) is 0 Å². The molecule has 1 saturated heterocycles. The zero-order valence-electron chi connectivity index (χ0n) is 13.0. The Bertz CT molecular complexity index is 425. The van der Waals surface area contributed by atoms with Gasteiger partial charge in [-0.05, 0) is 45.4 Å². The van der Waals surface area contributed by atoms with Crippen molar-refractivity contribution in [1.29, 1.82) is 0 Å². The second-order valence-corrected chi connectivity index (χ2v) is 6.75. The van der Waals surface area contributed by atoms with Gasteiger partial charge in [0.1, 0.15) is 0 Å². The van der Waals surface area contributed by atoms with Crippen LogP contribution in [0.4, 0.5) is 5.69 Å². The van der Waals surface area contributed by atoms with Crippen molar-refractivity contribution in [3.63, 3.8) is 0 Å². The van der Waals surface area contributed by atoms with E-state index in [-0.39, 0.29) is 0 Å². The van der Waals surface area contributed by atoms with Crippen LogP contribution in [0.15, 0.2) is 12.4 Å². The predicted octanol–water partition coefficient (Wildman–Crippen LogP) is 2.82. The SMILES string of the molecule is CCn1cc(NC2C3CCCC2CN(C(C)C)C3)cn1. The summed E-state index contributed by atoms with van der Waals surface area (Å²) < 4.78 is 2.00. The maximum atomic E-state index is 4.38. The van der Waals surface area contributed by atoms with Gasteiger partial charge in [0, 0.05) is 37.9 Å². The van der Waals surface area contributed by atoms with E-state index in [1.165, 1.54) is 38.0 Å². The maximum absolute atomic E-state index is 4.38. The molecular weight excluding hydrogens is 248 g/mol. The second-order valence-electron chi connectivity index (χ2n) is 6.75. The van der Waals surface area contributed by atoms with Gasteiger partial charge < -0.3 is 10.2 Å². The Kier molecular flexibility index (Phi) is 4.01. The van der Waals surface area contributed by atoms with E-state index in [1.54, 1.807) is 0 Å². The van der Waals surface area contributed by atoms with E-state index in [0.717, 1.165) is 18.4 Å². The van der Waals surface area contributed by atoms with Gasteiger partial charge in [-0.3, -0.25) is 4.68 Å². The van der Waals surface area contributed by atoms with E-state index in [2.05, 4.69) is 42.3 Å². The van der Waals surface area contributed by atoms with E-state index >= 15 is 0 Å². The minimum absolute atomic E-state index is 0.647. The highest BCUT2D eigenvalue weighted by Crippen LogP contribution is 2.37. The lowest BCUT2D eigenvalue weighted by molar-refractivity contribution is 0.0518. The Hall–Kier alpha value is -1.03. The molecule has 2 bridgehead atoms. The van der Waals surface area contributed by atoms with Crippen LogP contribution in [0.3, 0.4) is 0 Å². The Morgan fingerprint density at radius 2 is 2.00 bits per heavy atom. The van der Waals surface area contributed by atoms with Crippen LogP contribution in [-0.4, -0.2) is 39.9 Å². The zero-order chi connectivity index (χ0) is 14.1. The van der Waals surface area contributed by atoms with Gasteiger partial charge in [0.2, 0.25) is 0 Å². The number of fused-ring (bicyclic) bond motifs is 2. The molecule has 112 valence electrons. The molecule has 1 saturated carbocycles. The van der Waals surface area contributed by atoms with Gasteiger partial charge in [-0.15, -0.1) is 0 Å². The number of aromatic nitrogens is 2. The summed E-state index contributed by atoms with van der Waals surface area (Å²) in [6.07, 6.45) is 8.28. The van der Waals surface area contributed by atoms with Gasteiger partial charge in [-0.1, -0.05) is 6.42 Å². The number of nitrogens with one attached hydrogen (secondary N) is 1. The first-order valence-electron chi connectivity index (χ1n) is 8.20. The molecule has 4 nitrogen and oxygen atoms in total. The van der Waals surface area contributed by atoms with Crippen LogP contribution in [-0.2, 0) is 6.54 Å². The molecule has 4 heteroatoms. The molecule has 20 heavy (non-hydrogen) atoms. The lowest BCUT2D eigenvalue weighted by Crippen LogP contribution is -2.55. The number of piperidine rings is 1. The number of aryl methyl sites for hydroxylation is 1. The van der Waals surface area contributed by atoms with Crippen LogP contribution in [0, 0.1) is 11.8 Å². The molecule has 2 aliphatic rings. The highest BCUT2D eigenvalue weighted by molar-refractivity contribution is 5.40. The van der Waals surface area contributed by atoms with E-state index in [9.17, 15) is 0 Å². The molecule has 1 aliphatic heterocycles. The monoisotopic (exact) mass is 276 g/mol. The fourth-order valence-corrected chi connectivity index (χ4v) is 3.93. The lowest BCUT2D eigenvalue weighted by atomic mass is 9.73. The fourth-order valence-electron chi connectivity index (χ4n) is 3.93. The molecule has 3 rings (SSSR count). The second kappa shape index (κ2) is 5.76. The topological polar surface area (TPSA) is 33.1 Å². The summed E-state index contributed by atoms with van der Waals surface area (Å²) in [4.78, 5) is 2.67. The third kappa shape index (κ3) is 2.71. The Balaban J connectivity index is 1.70. The summed E-state index contributed by atoms with van der Waals surface area (Å²) >= 11 is 0. The number of rotatable bonds is 4. The number of nitrogens with zero attached hydrogens (tertiary/aromatic N) is 3. The van der Waals surface area contributed by atoms with Crippen molar-refractivity contribution in [1.82, 2.24) is 14.7 Å². The van der Waals surface area contributed by atoms with Crippen LogP contribution >= 0.6 is 0 Å². The van der Waals surface area contributed by atoms with Crippen LogP contribution in [0.25, 0.3) is 0 Å². The Morgan fingerprint density at radius 3 is 2.55 bits per heavy atom. The Morgan fingerprint density at radius 1 is 1.30 bits per heavy atom. The minimum atomic E-state index is 0.647. The molecule has 2 heterocycles. The van der Waals surface area contributed by atoms with Crippen molar-refractivity contribution < 1.29 is 0 Å². The summed E-state index contributed by atoms with van der Waals surface area (Å²) in [7, 11) is 0. The highest BCUT2D eigenvalue weighted by atomic mass is 15.3. The smallest absolute Gasteiger partial charge is 0.0728 e. The van der Waals surface area contributed by atoms with Gasteiger partial charge >= 0.3 is 0 Å². The molecule has 2 unspecified atom stereocenters. The predicted molar refractivity (Wildman–Crippen MR) is 82.9 cm³/mol.